The van der Waals surface area contributed by atoms with E-state index in [0.717, 1.165) is 9.80 Å². The van der Waals surface area contributed by atoms with Gasteiger partial charge in [-0.1, -0.05) is 41.6 Å². The molecule has 1 aromatic heterocycles. The van der Waals surface area contributed by atoms with Crippen LogP contribution < -0.4 is 5.32 Å². The number of halogens is 3. The number of benzene rings is 2. The van der Waals surface area contributed by atoms with Crippen molar-refractivity contribution in [1.29, 1.82) is 0 Å². The molecule has 5 nitrogen and oxygen atoms in total. The minimum atomic E-state index is -0.615. The highest BCUT2D eigenvalue weighted by Crippen LogP contribution is 2.37. The molecule has 1 aliphatic rings. The van der Waals surface area contributed by atoms with E-state index in [4.69, 9.17) is 16.0 Å². The third-order valence-corrected chi connectivity index (χ3v) is 6.33. The van der Waals surface area contributed by atoms with E-state index < -0.39 is 17.8 Å². The lowest BCUT2D eigenvalue weighted by molar-refractivity contribution is -0.123. The van der Waals surface area contributed by atoms with Crippen LogP contribution in [-0.2, 0) is 11.3 Å². The molecule has 0 atom stereocenters. The molecule has 3 amide bonds. The Labute approximate surface area is 189 Å². The van der Waals surface area contributed by atoms with E-state index >= 15 is 0 Å². The Balaban J connectivity index is 1.52. The topological polar surface area (TPSA) is 62.6 Å². The molecule has 0 saturated carbocycles. The van der Waals surface area contributed by atoms with Gasteiger partial charge in [0.1, 0.15) is 17.3 Å². The third-order valence-electron chi connectivity index (χ3n) is 4.23. The maximum Gasteiger partial charge on any atom is 0.329 e. The lowest BCUT2D eigenvalue weighted by Gasteiger charge is -2.12. The summed E-state index contributed by atoms with van der Waals surface area (Å²) in [7, 11) is 0. The zero-order valence-corrected chi connectivity index (χ0v) is 18.4. The number of furan rings is 1. The number of nitrogens with zero attached hydrogens (tertiary/aromatic N) is 1. The van der Waals surface area contributed by atoms with Crippen molar-refractivity contribution in [2.45, 2.75) is 16.5 Å². The van der Waals surface area contributed by atoms with Gasteiger partial charge in [0.2, 0.25) is 0 Å². The Hall–Kier alpha value is -2.55. The molecule has 3 aromatic rings. The molecule has 30 heavy (non-hydrogen) atoms. The fraction of sp³-hybridized carbons (Fsp3) is 0.0476. The predicted molar refractivity (Wildman–Crippen MR) is 115 cm³/mol. The van der Waals surface area contributed by atoms with Crippen LogP contribution in [0.5, 0.6) is 0 Å². The second kappa shape index (κ2) is 8.67. The number of carbonyl (C=O) groups excluding carboxylic acids is 2. The Morgan fingerprint density at radius 2 is 1.90 bits per heavy atom. The van der Waals surface area contributed by atoms with E-state index in [0.29, 0.717) is 20.3 Å². The quantitative estimate of drug-likeness (QED) is 0.336. The Bertz CT molecular complexity index is 1160. The van der Waals surface area contributed by atoms with Gasteiger partial charge in [0.05, 0.1) is 11.0 Å². The van der Waals surface area contributed by atoms with Gasteiger partial charge in [-0.3, -0.25) is 9.69 Å². The summed E-state index contributed by atoms with van der Waals surface area (Å²) >= 11 is 10.7. The first kappa shape index (κ1) is 20.7. The van der Waals surface area contributed by atoms with Crippen LogP contribution in [0.3, 0.4) is 0 Å². The first-order chi connectivity index (χ1) is 14.4. The van der Waals surface area contributed by atoms with Gasteiger partial charge in [-0.25, -0.2) is 9.18 Å². The van der Waals surface area contributed by atoms with Crippen molar-refractivity contribution in [2.24, 2.45) is 0 Å². The number of rotatable bonds is 5. The monoisotopic (exact) mass is 506 g/mol. The molecule has 1 fully saturated rings. The SMILES string of the molecule is O=C1N/C(=C/c2cc(Br)c(Sc3ccc(Cl)cc3)o2)C(=O)N1Cc1ccccc1F. The minimum absolute atomic E-state index is 0.0561. The smallest absolute Gasteiger partial charge is 0.329 e. The summed E-state index contributed by atoms with van der Waals surface area (Å²) in [6.45, 7) is -0.159. The van der Waals surface area contributed by atoms with E-state index in [1.54, 1.807) is 30.3 Å². The number of carbonyl (C=O) groups is 2. The van der Waals surface area contributed by atoms with Crippen LogP contribution in [0.1, 0.15) is 11.3 Å². The molecular formula is C21H13BrClFN2O3S. The zero-order chi connectivity index (χ0) is 21.3. The van der Waals surface area contributed by atoms with Crippen LogP contribution in [0, 0.1) is 5.82 Å². The molecule has 152 valence electrons. The lowest BCUT2D eigenvalue weighted by Crippen LogP contribution is -2.30. The fourth-order valence-electron chi connectivity index (χ4n) is 2.77. The summed E-state index contributed by atoms with van der Waals surface area (Å²) in [4.78, 5) is 26.7. The molecular weight excluding hydrogens is 495 g/mol. The van der Waals surface area contributed by atoms with Crippen molar-refractivity contribution in [1.82, 2.24) is 10.2 Å². The molecule has 0 unspecified atom stereocenters. The second-order valence-corrected chi connectivity index (χ2v) is 8.65. The zero-order valence-electron chi connectivity index (χ0n) is 15.2. The fourth-order valence-corrected chi connectivity index (χ4v) is 4.23. The highest BCUT2D eigenvalue weighted by atomic mass is 79.9. The molecule has 4 rings (SSSR count). The van der Waals surface area contributed by atoms with Gasteiger partial charge in [-0.2, -0.15) is 0 Å². The van der Waals surface area contributed by atoms with Crippen molar-refractivity contribution >= 4 is 57.3 Å². The molecule has 0 radical (unpaired) electrons. The predicted octanol–water partition coefficient (Wildman–Crippen LogP) is 6.08. The Kier molecular flexibility index (Phi) is 5.99. The van der Waals surface area contributed by atoms with Crippen LogP contribution in [0.4, 0.5) is 9.18 Å². The molecule has 9 heteroatoms. The summed E-state index contributed by atoms with van der Waals surface area (Å²) in [5.41, 5.74) is 0.310. The molecule has 0 spiro atoms. The van der Waals surface area contributed by atoms with Crippen molar-refractivity contribution in [3.05, 3.63) is 86.9 Å². The number of nitrogens with one attached hydrogen (secondary N) is 1. The molecule has 2 aromatic carbocycles. The van der Waals surface area contributed by atoms with E-state index in [9.17, 15) is 14.0 Å². The first-order valence-electron chi connectivity index (χ1n) is 8.71. The van der Waals surface area contributed by atoms with Gasteiger partial charge in [0.25, 0.3) is 5.91 Å². The number of imide groups is 1. The van der Waals surface area contributed by atoms with Crippen LogP contribution in [0.2, 0.25) is 5.02 Å². The largest absolute Gasteiger partial charge is 0.449 e. The van der Waals surface area contributed by atoms with Gasteiger partial charge < -0.3 is 9.73 Å². The van der Waals surface area contributed by atoms with E-state index in [-0.39, 0.29) is 17.8 Å². The van der Waals surface area contributed by atoms with Gasteiger partial charge in [-0.15, -0.1) is 0 Å². The van der Waals surface area contributed by atoms with Crippen molar-refractivity contribution in [2.75, 3.05) is 0 Å². The molecule has 2 heterocycles. The van der Waals surface area contributed by atoms with Gasteiger partial charge in [-0.05, 0) is 52.3 Å². The number of urea groups is 1. The maximum atomic E-state index is 13.9. The third kappa shape index (κ3) is 4.45. The van der Waals surface area contributed by atoms with Crippen molar-refractivity contribution < 1.29 is 18.4 Å². The first-order valence-corrected chi connectivity index (χ1v) is 10.7. The molecule has 0 bridgehead atoms. The van der Waals surface area contributed by atoms with E-state index in [1.165, 1.54) is 30.0 Å². The van der Waals surface area contributed by atoms with Gasteiger partial charge in [0, 0.05) is 21.6 Å². The number of hydrogen-bond donors (Lipinski definition) is 1. The van der Waals surface area contributed by atoms with Gasteiger partial charge >= 0.3 is 6.03 Å². The van der Waals surface area contributed by atoms with Crippen LogP contribution >= 0.6 is 39.3 Å². The van der Waals surface area contributed by atoms with Crippen LogP contribution in [-0.4, -0.2) is 16.8 Å². The Morgan fingerprint density at radius 3 is 2.63 bits per heavy atom. The van der Waals surface area contributed by atoms with Crippen LogP contribution in [0.25, 0.3) is 6.08 Å². The highest BCUT2D eigenvalue weighted by Gasteiger charge is 2.34. The molecule has 1 aliphatic heterocycles. The molecule has 1 N–H and O–H groups in total. The van der Waals surface area contributed by atoms with Crippen molar-refractivity contribution in [3.63, 3.8) is 0 Å². The summed E-state index contributed by atoms with van der Waals surface area (Å²) in [5.74, 6) is -0.647. The molecule has 1 saturated heterocycles. The lowest BCUT2D eigenvalue weighted by atomic mass is 10.2. The Morgan fingerprint density at radius 1 is 1.17 bits per heavy atom. The number of amides is 3. The average Bonchev–Trinajstić information content (AvgIpc) is 3.19. The number of hydrogen-bond acceptors (Lipinski definition) is 4. The highest BCUT2D eigenvalue weighted by molar-refractivity contribution is 9.10. The van der Waals surface area contributed by atoms with Gasteiger partial charge in [0.15, 0.2) is 5.09 Å². The molecule has 0 aliphatic carbocycles. The summed E-state index contributed by atoms with van der Waals surface area (Å²) in [6.07, 6.45) is 1.44. The standard InChI is InChI=1S/C21H13BrClFN2O3S/c22-16-9-14(29-20(16)30-15-7-5-13(23)6-8-15)10-18-19(27)26(21(28)25-18)11-12-3-1-2-4-17(12)24/h1-10H,11H2,(H,25,28)/b18-10+. The summed E-state index contributed by atoms with van der Waals surface area (Å²) in [6, 6.07) is 14.4. The maximum absolute atomic E-state index is 13.9. The van der Waals surface area contributed by atoms with E-state index in [1.807, 2.05) is 12.1 Å². The summed E-state index contributed by atoms with van der Waals surface area (Å²) in [5, 5.41) is 3.73. The van der Waals surface area contributed by atoms with Crippen molar-refractivity contribution in [3.8, 4) is 0 Å². The summed E-state index contributed by atoms with van der Waals surface area (Å²) < 4.78 is 20.4. The normalized spacial score (nSPS) is 15.2. The van der Waals surface area contributed by atoms with Crippen LogP contribution in [0.15, 0.2) is 79.2 Å². The second-order valence-electron chi connectivity index (χ2n) is 6.31. The van der Waals surface area contributed by atoms with E-state index in [2.05, 4.69) is 21.2 Å². The minimum Gasteiger partial charge on any atom is -0.449 e. The average molecular weight is 508 g/mol.